The second kappa shape index (κ2) is 8.51. The highest BCUT2D eigenvalue weighted by Crippen LogP contribution is 1.87. The van der Waals surface area contributed by atoms with Gasteiger partial charge in [-0.3, -0.25) is 19.8 Å². The fourth-order valence-corrected chi connectivity index (χ4v) is 1.12. The number of carbonyl (C=O) groups is 3. The maximum absolute atomic E-state index is 11.4. The highest BCUT2D eigenvalue weighted by atomic mass is 16.4. The van der Waals surface area contributed by atoms with Crippen molar-refractivity contribution < 1.29 is 19.5 Å². The Bertz CT molecular complexity index is 281. The van der Waals surface area contributed by atoms with Crippen LogP contribution in [0.3, 0.4) is 0 Å². The molecule has 0 unspecified atom stereocenters. The minimum absolute atomic E-state index is 0.109. The fraction of sp³-hybridized carbons (Fsp3) is 0.700. The summed E-state index contributed by atoms with van der Waals surface area (Å²) in [6, 6.07) is -0.553. The van der Waals surface area contributed by atoms with Crippen molar-refractivity contribution in [3.63, 3.8) is 0 Å². The van der Waals surface area contributed by atoms with Gasteiger partial charge in [-0.2, -0.15) is 0 Å². The summed E-state index contributed by atoms with van der Waals surface area (Å²) in [4.78, 5) is 34.4. The lowest BCUT2D eigenvalue weighted by Gasteiger charge is -2.16. The van der Waals surface area contributed by atoms with E-state index < -0.39 is 17.9 Å². The van der Waals surface area contributed by atoms with Gasteiger partial charge in [0.15, 0.2) is 0 Å². The summed E-state index contributed by atoms with van der Waals surface area (Å²) in [6.45, 7) is 4.23. The molecule has 0 radical (unpaired) electrons. The Morgan fingerprint density at radius 3 is 2.29 bits per heavy atom. The first-order valence-electron chi connectivity index (χ1n) is 5.51. The van der Waals surface area contributed by atoms with Crippen LogP contribution in [-0.2, 0) is 9.59 Å². The number of hydrogen-bond acceptors (Lipinski definition) is 4. The molecule has 0 spiro atoms. The molecule has 0 saturated carbocycles. The summed E-state index contributed by atoms with van der Waals surface area (Å²) in [7, 11) is 0. The molecule has 98 valence electrons. The number of hydrogen-bond donors (Lipinski definition) is 3. The molecular formula is C10H19N3O4. The number of carboxylic acids is 1. The first-order valence-corrected chi connectivity index (χ1v) is 5.51. The van der Waals surface area contributed by atoms with Gasteiger partial charge >= 0.3 is 12.0 Å². The molecule has 17 heavy (non-hydrogen) atoms. The van der Waals surface area contributed by atoms with E-state index in [1.807, 2.05) is 6.92 Å². The monoisotopic (exact) mass is 245 g/mol. The lowest BCUT2D eigenvalue weighted by Crippen LogP contribution is -2.45. The molecule has 0 aromatic carbocycles. The molecular weight excluding hydrogens is 226 g/mol. The maximum atomic E-state index is 11.4. The van der Waals surface area contributed by atoms with Crippen molar-refractivity contribution in [2.45, 2.75) is 20.3 Å². The lowest BCUT2D eigenvalue weighted by molar-refractivity contribution is -0.138. The first-order chi connectivity index (χ1) is 7.99. The number of aliphatic carboxylic acids is 1. The summed E-state index contributed by atoms with van der Waals surface area (Å²) < 4.78 is 0. The first kappa shape index (κ1) is 15.4. The van der Waals surface area contributed by atoms with E-state index in [0.717, 1.165) is 6.42 Å². The van der Waals surface area contributed by atoms with Crippen molar-refractivity contribution in [1.29, 1.82) is 0 Å². The topological polar surface area (TPSA) is 98.7 Å². The number of likely N-dealkylation sites (N-methyl/N-ethyl adjacent to an activating group) is 1. The summed E-state index contributed by atoms with van der Waals surface area (Å²) in [5.41, 5.74) is 0. The Balaban J connectivity index is 3.97. The number of amides is 3. The molecule has 0 aromatic heterocycles. The third-order valence-corrected chi connectivity index (χ3v) is 1.96. The number of imide groups is 1. The van der Waals surface area contributed by atoms with E-state index in [-0.39, 0.29) is 13.1 Å². The molecule has 0 aliphatic heterocycles. The molecule has 0 bridgehead atoms. The zero-order valence-corrected chi connectivity index (χ0v) is 10.2. The molecule has 3 amide bonds. The number of nitrogens with zero attached hydrogens (tertiary/aromatic N) is 1. The minimum Gasteiger partial charge on any atom is -0.480 e. The van der Waals surface area contributed by atoms with E-state index in [0.29, 0.717) is 13.1 Å². The van der Waals surface area contributed by atoms with Gasteiger partial charge in [-0.25, -0.2) is 4.79 Å². The predicted molar refractivity (Wildman–Crippen MR) is 61.6 cm³/mol. The van der Waals surface area contributed by atoms with Crippen LogP contribution in [0, 0.1) is 0 Å². The molecule has 3 N–H and O–H groups in total. The second-order valence-electron chi connectivity index (χ2n) is 3.50. The zero-order chi connectivity index (χ0) is 13.3. The van der Waals surface area contributed by atoms with Gasteiger partial charge in [0.1, 0.15) is 0 Å². The fourth-order valence-electron chi connectivity index (χ4n) is 1.12. The van der Waals surface area contributed by atoms with Crippen molar-refractivity contribution in [1.82, 2.24) is 15.5 Å². The molecule has 0 heterocycles. The summed E-state index contributed by atoms with van der Waals surface area (Å²) in [5, 5.41) is 13.2. The highest BCUT2D eigenvalue weighted by Gasteiger charge is 2.13. The summed E-state index contributed by atoms with van der Waals surface area (Å²) in [5.74, 6) is -1.52. The smallest absolute Gasteiger partial charge is 0.321 e. The molecule has 7 nitrogen and oxygen atoms in total. The predicted octanol–water partition coefficient (Wildman–Crippen LogP) is -0.371. The van der Waals surface area contributed by atoms with Crippen molar-refractivity contribution in [2.24, 2.45) is 0 Å². The van der Waals surface area contributed by atoms with E-state index in [9.17, 15) is 14.4 Å². The van der Waals surface area contributed by atoms with Gasteiger partial charge in [-0.05, 0) is 13.0 Å². The van der Waals surface area contributed by atoms with Crippen LogP contribution in [0.1, 0.15) is 20.3 Å². The van der Waals surface area contributed by atoms with Crippen molar-refractivity contribution >= 4 is 17.9 Å². The van der Waals surface area contributed by atoms with Crippen LogP contribution in [0.25, 0.3) is 0 Å². The highest BCUT2D eigenvalue weighted by molar-refractivity contribution is 5.95. The average Bonchev–Trinajstić information content (AvgIpc) is 2.24. The normalized spacial score (nSPS) is 10.1. The van der Waals surface area contributed by atoms with Gasteiger partial charge in [0.2, 0.25) is 5.91 Å². The van der Waals surface area contributed by atoms with Crippen molar-refractivity contribution in [3.05, 3.63) is 0 Å². The largest absolute Gasteiger partial charge is 0.480 e. The van der Waals surface area contributed by atoms with Gasteiger partial charge in [0.05, 0.1) is 13.1 Å². The molecule has 0 rings (SSSR count). The van der Waals surface area contributed by atoms with E-state index in [2.05, 4.69) is 10.6 Å². The summed E-state index contributed by atoms with van der Waals surface area (Å²) in [6.07, 6.45) is 0.779. The number of carbonyl (C=O) groups excluding carboxylic acids is 2. The molecule has 0 saturated heterocycles. The third-order valence-electron chi connectivity index (χ3n) is 1.96. The van der Waals surface area contributed by atoms with Crippen LogP contribution in [0.15, 0.2) is 0 Å². The number of urea groups is 1. The standard InChI is InChI=1S/C10H19N3O4/c1-3-5-11-10(17)12-8(14)6-13(4-2)7-9(15)16/h3-7H2,1-2H3,(H,15,16)(H2,11,12,14,17). The summed E-state index contributed by atoms with van der Waals surface area (Å²) >= 11 is 0. The van der Waals surface area contributed by atoms with Gasteiger partial charge < -0.3 is 10.4 Å². The molecule has 0 aliphatic rings. The quantitative estimate of drug-likeness (QED) is 0.568. The number of carboxylic acid groups (broad SMARTS) is 1. The van der Waals surface area contributed by atoms with Crippen LogP contribution in [0.2, 0.25) is 0 Å². The molecule has 7 heteroatoms. The van der Waals surface area contributed by atoms with Crippen molar-refractivity contribution in [3.8, 4) is 0 Å². The zero-order valence-electron chi connectivity index (χ0n) is 10.2. The molecule has 0 fully saturated rings. The van der Waals surface area contributed by atoms with E-state index >= 15 is 0 Å². The van der Waals surface area contributed by atoms with E-state index in [4.69, 9.17) is 5.11 Å². The number of nitrogens with one attached hydrogen (secondary N) is 2. The molecule has 0 atom stereocenters. The maximum Gasteiger partial charge on any atom is 0.321 e. The van der Waals surface area contributed by atoms with Crippen LogP contribution in [0.5, 0.6) is 0 Å². The van der Waals surface area contributed by atoms with Gasteiger partial charge in [0.25, 0.3) is 0 Å². The Labute approximate surface area is 100 Å². The lowest BCUT2D eigenvalue weighted by atomic mass is 10.4. The number of rotatable bonds is 7. The second-order valence-corrected chi connectivity index (χ2v) is 3.50. The SMILES string of the molecule is CCCNC(=O)NC(=O)CN(CC)CC(=O)O. The van der Waals surface area contributed by atoms with Gasteiger partial charge in [0, 0.05) is 6.54 Å². The van der Waals surface area contributed by atoms with Crippen molar-refractivity contribution in [2.75, 3.05) is 26.2 Å². The minimum atomic E-state index is -1.00. The third kappa shape index (κ3) is 8.21. The molecule has 0 aromatic rings. The van der Waals surface area contributed by atoms with Gasteiger partial charge in [-0.1, -0.05) is 13.8 Å². The Kier molecular flexibility index (Phi) is 7.70. The van der Waals surface area contributed by atoms with E-state index in [1.165, 1.54) is 4.90 Å². The van der Waals surface area contributed by atoms with Crippen LogP contribution in [-0.4, -0.2) is 54.1 Å². The Morgan fingerprint density at radius 1 is 1.18 bits per heavy atom. The van der Waals surface area contributed by atoms with Gasteiger partial charge in [-0.15, -0.1) is 0 Å². The van der Waals surface area contributed by atoms with Crippen LogP contribution in [0.4, 0.5) is 4.79 Å². The Morgan fingerprint density at radius 2 is 1.82 bits per heavy atom. The Hall–Kier alpha value is -1.63. The van der Waals surface area contributed by atoms with E-state index in [1.54, 1.807) is 6.92 Å². The van der Waals surface area contributed by atoms with Crippen LogP contribution < -0.4 is 10.6 Å². The molecule has 0 aliphatic carbocycles. The van der Waals surface area contributed by atoms with Crippen LogP contribution >= 0.6 is 0 Å². The average molecular weight is 245 g/mol.